The largest absolute Gasteiger partial charge is 0.493 e. The first-order valence-electron chi connectivity index (χ1n) is 9.15. The predicted octanol–water partition coefficient (Wildman–Crippen LogP) is 1.97. The highest BCUT2D eigenvalue weighted by Gasteiger charge is 2.25. The second-order valence-electron chi connectivity index (χ2n) is 6.99. The van der Waals surface area contributed by atoms with Crippen LogP contribution in [0.1, 0.15) is 42.5 Å². The van der Waals surface area contributed by atoms with E-state index in [4.69, 9.17) is 10.5 Å². The summed E-state index contributed by atoms with van der Waals surface area (Å²) in [6, 6.07) is 7.20. The molecule has 1 heterocycles. The van der Waals surface area contributed by atoms with Gasteiger partial charge in [-0.25, -0.2) is 0 Å². The zero-order valence-corrected chi connectivity index (χ0v) is 15.8. The van der Waals surface area contributed by atoms with Crippen LogP contribution >= 0.6 is 12.4 Å². The number of nitrogens with one attached hydrogen (secondary N) is 1. The summed E-state index contributed by atoms with van der Waals surface area (Å²) in [7, 11) is 0. The number of primary amides is 1. The molecule has 1 saturated heterocycles. The Morgan fingerprint density at radius 3 is 2.35 bits per heavy atom. The molecule has 0 bridgehead atoms. The monoisotopic (exact) mass is 381 g/mol. The third-order valence-corrected chi connectivity index (χ3v) is 4.96. The Hall–Kier alpha value is -1.79. The van der Waals surface area contributed by atoms with Crippen molar-refractivity contribution in [3.05, 3.63) is 29.8 Å². The number of benzene rings is 1. The second-order valence-corrected chi connectivity index (χ2v) is 6.99. The van der Waals surface area contributed by atoms with Crippen LogP contribution in [0.2, 0.25) is 0 Å². The molecule has 0 spiro atoms. The van der Waals surface area contributed by atoms with E-state index in [2.05, 4.69) is 5.32 Å². The fraction of sp³-hybridized carbons (Fsp3) is 0.579. The number of nitrogens with two attached hydrogens (primary N) is 1. The minimum atomic E-state index is -0.461. The van der Waals surface area contributed by atoms with Crippen molar-refractivity contribution in [1.29, 1.82) is 0 Å². The number of hydrogen-bond acceptors (Lipinski definition) is 4. The van der Waals surface area contributed by atoms with Crippen LogP contribution < -0.4 is 15.8 Å². The van der Waals surface area contributed by atoms with Crippen molar-refractivity contribution in [2.75, 3.05) is 26.2 Å². The maximum atomic E-state index is 12.3. The Balaban J connectivity index is 0.00000243. The lowest BCUT2D eigenvalue weighted by Crippen LogP contribution is -2.45. The minimum Gasteiger partial charge on any atom is -0.493 e. The van der Waals surface area contributed by atoms with Gasteiger partial charge in [-0.15, -0.1) is 12.4 Å². The number of likely N-dealkylation sites (tertiary alicyclic amines) is 1. The Labute approximate surface area is 160 Å². The number of hydrogen-bond donors (Lipinski definition) is 2. The van der Waals surface area contributed by atoms with Gasteiger partial charge in [0, 0.05) is 24.7 Å². The third-order valence-electron chi connectivity index (χ3n) is 4.96. The van der Waals surface area contributed by atoms with Crippen LogP contribution in [0.15, 0.2) is 24.3 Å². The first-order valence-corrected chi connectivity index (χ1v) is 9.15. The number of amides is 2. The van der Waals surface area contributed by atoms with Crippen LogP contribution in [-0.2, 0) is 4.79 Å². The van der Waals surface area contributed by atoms with Gasteiger partial charge >= 0.3 is 0 Å². The van der Waals surface area contributed by atoms with E-state index in [1.165, 1.54) is 12.8 Å². The maximum absolute atomic E-state index is 12.3. The van der Waals surface area contributed by atoms with E-state index in [1.54, 1.807) is 24.3 Å². The molecule has 1 aliphatic carbocycles. The Morgan fingerprint density at radius 2 is 1.77 bits per heavy atom. The summed E-state index contributed by atoms with van der Waals surface area (Å²) in [4.78, 5) is 25.2. The van der Waals surface area contributed by atoms with Crippen molar-refractivity contribution < 1.29 is 14.3 Å². The smallest absolute Gasteiger partial charge is 0.248 e. The molecule has 0 atom stereocenters. The molecule has 2 amide bonds. The first kappa shape index (κ1) is 20.5. The molecular weight excluding hydrogens is 354 g/mol. The molecule has 2 aliphatic rings. The van der Waals surface area contributed by atoms with E-state index in [0.29, 0.717) is 30.4 Å². The number of rotatable bonds is 8. The van der Waals surface area contributed by atoms with Crippen LogP contribution in [0.4, 0.5) is 0 Å². The van der Waals surface area contributed by atoms with E-state index in [1.807, 2.05) is 4.90 Å². The van der Waals surface area contributed by atoms with E-state index >= 15 is 0 Å². The van der Waals surface area contributed by atoms with E-state index in [0.717, 1.165) is 38.4 Å². The number of carbonyl (C=O) groups excluding carboxylic acids is 2. The van der Waals surface area contributed by atoms with Crippen molar-refractivity contribution in [2.45, 2.75) is 38.1 Å². The minimum absolute atomic E-state index is 0. The summed E-state index contributed by atoms with van der Waals surface area (Å²) in [5.41, 5.74) is 5.64. The van der Waals surface area contributed by atoms with Crippen molar-refractivity contribution in [3.8, 4) is 5.75 Å². The standard InChI is InChI=1S/C19H27N3O3.ClH/c20-19(24)15-3-5-17(6-4-15)25-12-9-18(23)22-10-7-16(8-11-22)21-13-14-1-2-14;/h3-6,14,16,21H,1-2,7-13H2,(H2,20,24);1H. The third kappa shape index (κ3) is 6.18. The van der Waals surface area contributed by atoms with Crippen molar-refractivity contribution in [1.82, 2.24) is 10.2 Å². The number of piperidine rings is 1. The molecule has 6 nitrogen and oxygen atoms in total. The molecule has 1 aromatic carbocycles. The lowest BCUT2D eigenvalue weighted by molar-refractivity contribution is -0.132. The summed E-state index contributed by atoms with van der Waals surface area (Å²) < 4.78 is 5.58. The highest BCUT2D eigenvalue weighted by Crippen LogP contribution is 2.28. The lowest BCUT2D eigenvalue weighted by atomic mass is 10.0. The van der Waals surface area contributed by atoms with E-state index in [-0.39, 0.29) is 18.3 Å². The van der Waals surface area contributed by atoms with Gasteiger partial charge in [-0.3, -0.25) is 9.59 Å². The molecule has 7 heteroatoms. The highest BCUT2D eigenvalue weighted by molar-refractivity contribution is 5.92. The summed E-state index contributed by atoms with van der Waals surface area (Å²) >= 11 is 0. The fourth-order valence-electron chi connectivity index (χ4n) is 3.12. The summed E-state index contributed by atoms with van der Waals surface area (Å²) in [5, 5.41) is 3.62. The molecule has 1 aromatic rings. The van der Waals surface area contributed by atoms with Gasteiger partial charge in [-0.05, 0) is 62.4 Å². The van der Waals surface area contributed by atoms with Crippen LogP contribution in [0.3, 0.4) is 0 Å². The average molecular weight is 382 g/mol. The molecule has 3 rings (SSSR count). The van der Waals surface area contributed by atoms with Crippen molar-refractivity contribution >= 4 is 24.2 Å². The average Bonchev–Trinajstić information content (AvgIpc) is 3.45. The zero-order valence-electron chi connectivity index (χ0n) is 15.0. The summed E-state index contributed by atoms with van der Waals surface area (Å²) in [6.07, 6.45) is 5.19. The van der Waals surface area contributed by atoms with Gasteiger partial charge in [0.05, 0.1) is 13.0 Å². The Bertz CT molecular complexity index is 597. The molecule has 1 aliphatic heterocycles. The number of nitrogens with zero attached hydrogens (tertiary/aromatic N) is 1. The Morgan fingerprint density at radius 1 is 1.12 bits per heavy atom. The molecule has 0 radical (unpaired) electrons. The second kappa shape index (κ2) is 9.78. The summed E-state index contributed by atoms with van der Waals surface area (Å²) in [6.45, 7) is 3.14. The molecule has 3 N–H and O–H groups in total. The van der Waals surface area contributed by atoms with Crippen LogP contribution in [0.5, 0.6) is 5.75 Å². The number of ether oxygens (including phenoxy) is 1. The number of halogens is 1. The highest BCUT2D eigenvalue weighted by atomic mass is 35.5. The molecule has 26 heavy (non-hydrogen) atoms. The van der Waals surface area contributed by atoms with Crippen LogP contribution in [0, 0.1) is 5.92 Å². The number of carbonyl (C=O) groups is 2. The normalized spacial score (nSPS) is 17.5. The Kier molecular flexibility index (Phi) is 7.72. The molecule has 1 saturated carbocycles. The van der Waals surface area contributed by atoms with Gasteiger partial charge in [0.2, 0.25) is 11.8 Å². The molecular formula is C19H28ClN3O3. The van der Waals surface area contributed by atoms with Gasteiger partial charge in [0.1, 0.15) is 5.75 Å². The quantitative estimate of drug-likeness (QED) is 0.721. The van der Waals surface area contributed by atoms with Crippen molar-refractivity contribution in [3.63, 3.8) is 0 Å². The molecule has 0 unspecified atom stereocenters. The van der Waals surface area contributed by atoms with Gasteiger partial charge in [-0.1, -0.05) is 0 Å². The maximum Gasteiger partial charge on any atom is 0.248 e. The fourth-order valence-corrected chi connectivity index (χ4v) is 3.12. The molecule has 0 aromatic heterocycles. The first-order chi connectivity index (χ1) is 12.1. The van der Waals surface area contributed by atoms with Gasteiger partial charge in [0.25, 0.3) is 0 Å². The van der Waals surface area contributed by atoms with Crippen molar-refractivity contribution in [2.24, 2.45) is 11.7 Å². The SMILES string of the molecule is Cl.NC(=O)c1ccc(OCCC(=O)N2CCC(NCC3CC3)CC2)cc1. The van der Waals surface area contributed by atoms with Gasteiger partial charge in [-0.2, -0.15) is 0 Å². The van der Waals surface area contributed by atoms with Crippen LogP contribution in [0.25, 0.3) is 0 Å². The predicted molar refractivity (Wildman–Crippen MR) is 103 cm³/mol. The van der Waals surface area contributed by atoms with Crippen LogP contribution in [-0.4, -0.2) is 49.0 Å². The molecule has 2 fully saturated rings. The van der Waals surface area contributed by atoms with Gasteiger partial charge < -0.3 is 20.7 Å². The van der Waals surface area contributed by atoms with Gasteiger partial charge in [0.15, 0.2) is 0 Å². The molecule has 144 valence electrons. The zero-order chi connectivity index (χ0) is 17.6. The lowest BCUT2D eigenvalue weighted by Gasteiger charge is -2.32. The summed E-state index contributed by atoms with van der Waals surface area (Å²) in [5.74, 6) is 1.22. The topological polar surface area (TPSA) is 84.7 Å². The van der Waals surface area contributed by atoms with E-state index < -0.39 is 5.91 Å². The van der Waals surface area contributed by atoms with E-state index in [9.17, 15) is 9.59 Å².